The molecule has 2 amide bonds. The number of carbonyl (C=O) groups excluding carboxylic acids is 2. The lowest BCUT2D eigenvalue weighted by Crippen LogP contribution is -2.50. The Kier molecular flexibility index (Phi) is 10.4. The van der Waals surface area contributed by atoms with Gasteiger partial charge in [-0.3, -0.25) is 4.79 Å². The zero-order chi connectivity index (χ0) is 26.5. The number of hydrogen-bond acceptors (Lipinski definition) is 5. The Balaban J connectivity index is 1.58. The molecule has 9 heteroatoms. The molecule has 37 heavy (non-hydrogen) atoms. The largest absolute Gasteiger partial charge is 0.445 e. The lowest BCUT2D eigenvalue weighted by molar-refractivity contribution is -0.123. The standard InChI is InChI=1S/C28H31N3O5S/c1-22(17-18-37(34,35)29-20-24-13-7-3-8-14-24)30-27(32)26(19-23-11-5-2-6-12-23)31-28(33)36-21-25-15-9-4-10-16-25/h2-18,22,26,29H,19-21H2,1H3,(H,30,32)(H,31,33)/b18-17+/t22-,26-/m0/s1. The zero-order valence-electron chi connectivity index (χ0n) is 20.5. The lowest BCUT2D eigenvalue weighted by Gasteiger charge is -2.20. The van der Waals surface area contributed by atoms with Gasteiger partial charge in [-0.15, -0.1) is 0 Å². The van der Waals surface area contributed by atoms with Crippen molar-refractivity contribution in [3.63, 3.8) is 0 Å². The first-order valence-electron chi connectivity index (χ1n) is 11.8. The van der Waals surface area contributed by atoms with Gasteiger partial charge in [-0.25, -0.2) is 17.9 Å². The second-order valence-corrected chi connectivity index (χ2v) is 10.1. The van der Waals surface area contributed by atoms with E-state index >= 15 is 0 Å². The molecule has 3 aromatic carbocycles. The van der Waals surface area contributed by atoms with Crippen molar-refractivity contribution in [2.75, 3.05) is 0 Å². The van der Waals surface area contributed by atoms with Gasteiger partial charge in [0.1, 0.15) is 12.6 Å². The van der Waals surface area contributed by atoms with E-state index in [1.807, 2.05) is 91.0 Å². The van der Waals surface area contributed by atoms with Crippen LogP contribution in [0.5, 0.6) is 0 Å². The van der Waals surface area contributed by atoms with Crippen LogP contribution in [0.1, 0.15) is 23.6 Å². The highest BCUT2D eigenvalue weighted by molar-refractivity contribution is 7.92. The van der Waals surface area contributed by atoms with Gasteiger partial charge in [0.15, 0.2) is 0 Å². The van der Waals surface area contributed by atoms with Gasteiger partial charge >= 0.3 is 6.09 Å². The Morgan fingerprint density at radius 2 is 1.35 bits per heavy atom. The van der Waals surface area contributed by atoms with E-state index < -0.39 is 34.1 Å². The van der Waals surface area contributed by atoms with Crippen molar-refractivity contribution in [3.8, 4) is 0 Å². The summed E-state index contributed by atoms with van der Waals surface area (Å²) >= 11 is 0. The van der Waals surface area contributed by atoms with Crippen LogP contribution in [0.15, 0.2) is 102 Å². The molecule has 0 spiro atoms. The van der Waals surface area contributed by atoms with Gasteiger partial charge in [0.2, 0.25) is 15.9 Å². The maximum absolute atomic E-state index is 13.0. The van der Waals surface area contributed by atoms with Gasteiger partial charge in [0.25, 0.3) is 0 Å². The van der Waals surface area contributed by atoms with E-state index in [0.717, 1.165) is 22.1 Å². The quantitative estimate of drug-likeness (QED) is 0.337. The fourth-order valence-corrected chi connectivity index (χ4v) is 4.30. The molecule has 3 aromatic rings. The number of amides is 2. The maximum Gasteiger partial charge on any atom is 0.408 e. The third-order valence-corrected chi connectivity index (χ3v) is 6.40. The number of alkyl carbamates (subject to hydrolysis) is 1. The third-order valence-electron chi connectivity index (χ3n) is 5.34. The van der Waals surface area contributed by atoms with Crippen molar-refractivity contribution >= 4 is 22.0 Å². The fourth-order valence-electron chi connectivity index (χ4n) is 3.39. The summed E-state index contributed by atoms with van der Waals surface area (Å²) in [6.45, 7) is 1.87. The first kappa shape index (κ1) is 27.6. The summed E-state index contributed by atoms with van der Waals surface area (Å²) in [5.74, 6) is -0.465. The van der Waals surface area contributed by atoms with Crippen LogP contribution < -0.4 is 15.4 Å². The Labute approximate surface area is 217 Å². The third kappa shape index (κ3) is 10.3. The Morgan fingerprint density at radius 3 is 1.95 bits per heavy atom. The molecule has 2 atom stereocenters. The van der Waals surface area contributed by atoms with E-state index in [4.69, 9.17) is 4.74 Å². The van der Waals surface area contributed by atoms with Crippen molar-refractivity contribution in [1.82, 2.24) is 15.4 Å². The molecule has 0 radical (unpaired) electrons. The molecule has 194 valence electrons. The van der Waals surface area contributed by atoms with Gasteiger partial charge in [0.05, 0.1) is 0 Å². The highest BCUT2D eigenvalue weighted by Crippen LogP contribution is 2.06. The van der Waals surface area contributed by atoms with E-state index in [0.29, 0.717) is 0 Å². The van der Waals surface area contributed by atoms with Crippen molar-refractivity contribution < 1.29 is 22.7 Å². The van der Waals surface area contributed by atoms with Crippen LogP contribution in [0.25, 0.3) is 0 Å². The highest BCUT2D eigenvalue weighted by atomic mass is 32.2. The zero-order valence-corrected chi connectivity index (χ0v) is 21.4. The number of hydrogen-bond donors (Lipinski definition) is 3. The van der Waals surface area contributed by atoms with Crippen LogP contribution in [-0.2, 0) is 39.1 Å². The number of rotatable bonds is 12. The van der Waals surface area contributed by atoms with Crippen molar-refractivity contribution in [1.29, 1.82) is 0 Å². The average Bonchev–Trinajstić information content (AvgIpc) is 2.91. The second-order valence-electron chi connectivity index (χ2n) is 8.43. The summed E-state index contributed by atoms with van der Waals surface area (Å²) in [5, 5.41) is 6.38. The molecule has 3 N–H and O–H groups in total. The molecule has 0 aliphatic heterocycles. The van der Waals surface area contributed by atoms with E-state index in [-0.39, 0.29) is 19.6 Å². The molecule has 8 nitrogen and oxygen atoms in total. The predicted molar refractivity (Wildman–Crippen MR) is 143 cm³/mol. The van der Waals surface area contributed by atoms with Gasteiger partial charge in [0, 0.05) is 24.4 Å². The normalized spacial score (nSPS) is 13.0. The smallest absolute Gasteiger partial charge is 0.408 e. The van der Waals surface area contributed by atoms with Crippen molar-refractivity contribution in [3.05, 3.63) is 119 Å². The van der Waals surface area contributed by atoms with E-state index in [2.05, 4.69) is 15.4 Å². The molecule has 0 saturated heterocycles. The van der Waals surface area contributed by atoms with Crippen LogP contribution in [0, 0.1) is 0 Å². The number of sulfonamides is 1. The molecule has 0 unspecified atom stereocenters. The van der Waals surface area contributed by atoms with Gasteiger partial charge in [-0.1, -0.05) is 91.0 Å². The maximum atomic E-state index is 13.0. The van der Waals surface area contributed by atoms with Gasteiger partial charge < -0.3 is 15.4 Å². The van der Waals surface area contributed by atoms with Crippen LogP contribution in [0.3, 0.4) is 0 Å². The Morgan fingerprint density at radius 1 is 0.811 bits per heavy atom. The predicted octanol–water partition coefficient (Wildman–Crippen LogP) is 3.66. The molecular weight excluding hydrogens is 490 g/mol. The minimum atomic E-state index is -3.70. The molecule has 0 heterocycles. The van der Waals surface area contributed by atoms with Gasteiger partial charge in [-0.2, -0.15) is 0 Å². The average molecular weight is 522 g/mol. The minimum absolute atomic E-state index is 0.0688. The van der Waals surface area contributed by atoms with Crippen LogP contribution in [0.4, 0.5) is 4.79 Å². The Hall–Kier alpha value is -3.95. The lowest BCUT2D eigenvalue weighted by atomic mass is 10.1. The summed E-state index contributed by atoms with van der Waals surface area (Å²) < 4.78 is 32.4. The first-order valence-corrected chi connectivity index (χ1v) is 13.4. The Bertz CT molecular complexity index is 1270. The molecule has 0 aliphatic rings. The summed E-state index contributed by atoms with van der Waals surface area (Å²) in [7, 11) is -3.70. The SMILES string of the molecule is C[C@@H](/C=C/S(=O)(=O)NCc1ccccc1)NC(=O)[C@H](Cc1ccccc1)NC(=O)OCc1ccccc1. The number of carbonyl (C=O) groups is 2. The highest BCUT2D eigenvalue weighted by Gasteiger charge is 2.23. The molecule has 0 aromatic heterocycles. The number of benzene rings is 3. The monoisotopic (exact) mass is 521 g/mol. The first-order chi connectivity index (χ1) is 17.8. The van der Waals surface area contributed by atoms with Crippen molar-refractivity contribution in [2.45, 2.75) is 38.6 Å². The summed E-state index contributed by atoms with van der Waals surface area (Å²) in [4.78, 5) is 25.5. The summed E-state index contributed by atoms with van der Waals surface area (Å²) in [5.41, 5.74) is 2.50. The van der Waals surface area contributed by atoms with Gasteiger partial charge in [-0.05, 0) is 29.7 Å². The molecule has 0 aliphatic carbocycles. The van der Waals surface area contributed by atoms with Crippen LogP contribution in [-0.4, -0.2) is 32.5 Å². The topological polar surface area (TPSA) is 114 Å². The van der Waals surface area contributed by atoms with E-state index in [1.54, 1.807) is 6.92 Å². The van der Waals surface area contributed by atoms with Crippen LogP contribution in [0.2, 0.25) is 0 Å². The molecule has 3 rings (SSSR count). The van der Waals surface area contributed by atoms with E-state index in [9.17, 15) is 18.0 Å². The molecule has 0 saturated carbocycles. The summed E-state index contributed by atoms with van der Waals surface area (Å²) in [6, 6.07) is 26.1. The molecular formula is C28H31N3O5S. The minimum Gasteiger partial charge on any atom is -0.445 e. The number of ether oxygens (including phenoxy) is 1. The summed E-state index contributed by atoms with van der Waals surface area (Å²) in [6.07, 6.45) is 0.884. The van der Waals surface area contributed by atoms with Crippen molar-refractivity contribution in [2.24, 2.45) is 0 Å². The molecule has 0 fully saturated rings. The fraction of sp³-hybridized carbons (Fsp3) is 0.214. The second kappa shape index (κ2) is 14.0. The number of nitrogens with one attached hydrogen (secondary N) is 3. The van der Waals surface area contributed by atoms with E-state index in [1.165, 1.54) is 6.08 Å². The molecule has 0 bridgehead atoms. The van der Waals surface area contributed by atoms with Crippen LogP contribution >= 0.6 is 0 Å².